The van der Waals surface area contributed by atoms with E-state index >= 15 is 0 Å². The van der Waals surface area contributed by atoms with Crippen LogP contribution >= 0.6 is 0 Å². The Morgan fingerprint density at radius 2 is 2.06 bits per heavy atom. The van der Waals surface area contributed by atoms with Crippen molar-refractivity contribution in [2.24, 2.45) is 0 Å². The average molecular weight is 221 g/mol. The molecule has 0 aliphatic rings. The van der Waals surface area contributed by atoms with E-state index < -0.39 is 11.2 Å². The molecule has 0 unspecified atom stereocenters. The predicted molar refractivity (Wildman–Crippen MR) is 56.2 cm³/mol. The number of rotatable bonds is 1. The zero-order chi connectivity index (χ0) is 11.9. The zero-order valence-corrected chi connectivity index (χ0v) is 8.88. The topological polar surface area (TPSA) is 87.7 Å². The lowest BCUT2D eigenvalue weighted by Gasteiger charge is -2.16. The fraction of sp³-hybridized carbons (Fsp3) is 0.300. The normalized spacial score (nSPS) is 11.9. The van der Waals surface area contributed by atoms with E-state index in [2.05, 4.69) is 9.97 Å². The van der Waals surface area contributed by atoms with Crippen LogP contribution in [0.25, 0.3) is 5.78 Å². The summed E-state index contributed by atoms with van der Waals surface area (Å²) in [6.07, 6.45) is 1.46. The first kappa shape index (κ1) is 10.6. The number of fused-ring (bicyclic) bond motifs is 1. The maximum absolute atomic E-state index is 11.4. The average Bonchev–Trinajstić information content (AvgIpc) is 2.15. The Labute approximate surface area is 90.8 Å². The lowest BCUT2D eigenvalue weighted by molar-refractivity contribution is 0.0739. The molecule has 0 radical (unpaired) electrons. The Morgan fingerprint density at radius 3 is 2.69 bits per heavy atom. The van der Waals surface area contributed by atoms with Crippen LogP contribution in [0.4, 0.5) is 0 Å². The molecule has 6 nitrogen and oxygen atoms in total. The summed E-state index contributed by atoms with van der Waals surface area (Å²) < 4.78 is 1.19. The molecule has 0 saturated heterocycles. The van der Waals surface area contributed by atoms with Crippen molar-refractivity contribution in [2.75, 3.05) is 0 Å². The summed E-state index contributed by atoms with van der Waals surface area (Å²) in [6.45, 7) is 3.15. The Morgan fingerprint density at radius 1 is 1.38 bits per heavy atom. The summed E-state index contributed by atoms with van der Waals surface area (Å²) in [4.78, 5) is 19.1. The van der Waals surface area contributed by atoms with Crippen LogP contribution in [0.5, 0.6) is 5.88 Å². The lowest BCUT2D eigenvalue weighted by atomic mass is 10.1. The number of aliphatic hydroxyl groups is 1. The molecular weight excluding hydrogens is 210 g/mol. The molecule has 6 heteroatoms. The Bertz CT molecular complexity index is 598. The standard InChI is InChI=1S/C10H11N3O3/c1-10(2,16)6-3-4-13-8(15)5-7(14)12-9(13)11-6/h3-5,14,16H,1-2H3. The van der Waals surface area contributed by atoms with Gasteiger partial charge in [0.25, 0.3) is 5.56 Å². The van der Waals surface area contributed by atoms with Crippen molar-refractivity contribution < 1.29 is 10.2 Å². The minimum absolute atomic E-state index is 0.0598. The molecule has 0 atom stereocenters. The molecule has 0 aliphatic heterocycles. The highest BCUT2D eigenvalue weighted by atomic mass is 16.3. The molecule has 2 heterocycles. The second-order valence-electron chi connectivity index (χ2n) is 3.99. The highest BCUT2D eigenvalue weighted by molar-refractivity contribution is 5.32. The van der Waals surface area contributed by atoms with Crippen LogP contribution in [-0.4, -0.2) is 24.6 Å². The SMILES string of the molecule is CC(C)(O)c1ccn2c(=O)cc(O)nc2n1. The maximum Gasteiger partial charge on any atom is 0.262 e. The van der Waals surface area contributed by atoms with Gasteiger partial charge in [0.1, 0.15) is 5.60 Å². The summed E-state index contributed by atoms with van der Waals surface area (Å²) in [5.74, 6) is -0.324. The van der Waals surface area contributed by atoms with Crippen LogP contribution in [0.2, 0.25) is 0 Å². The lowest BCUT2D eigenvalue weighted by Crippen LogP contribution is -2.21. The number of aromatic hydroxyl groups is 1. The molecule has 0 spiro atoms. The van der Waals surface area contributed by atoms with Crippen LogP contribution in [0.15, 0.2) is 23.1 Å². The van der Waals surface area contributed by atoms with Gasteiger partial charge in [-0.1, -0.05) is 0 Å². The summed E-state index contributed by atoms with van der Waals surface area (Å²) in [6, 6.07) is 2.53. The summed E-state index contributed by atoms with van der Waals surface area (Å²) in [7, 11) is 0. The largest absolute Gasteiger partial charge is 0.493 e. The van der Waals surface area contributed by atoms with E-state index in [-0.39, 0.29) is 11.7 Å². The fourth-order valence-electron chi connectivity index (χ4n) is 1.32. The van der Waals surface area contributed by atoms with Crippen LogP contribution in [0.3, 0.4) is 0 Å². The molecule has 2 aromatic rings. The first-order valence-electron chi connectivity index (χ1n) is 4.70. The van der Waals surface area contributed by atoms with Gasteiger partial charge >= 0.3 is 0 Å². The molecule has 0 fully saturated rings. The molecule has 2 rings (SSSR count). The molecule has 0 bridgehead atoms. The Kier molecular flexibility index (Phi) is 2.16. The fourth-order valence-corrected chi connectivity index (χ4v) is 1.32. The van der Waals surface area contributed by atoms with Gasteiger partial charge in [0, 0.05) is 6.20 Å². The maximum atomic E-state index is 11.4. The van der Waals surface area contributed by atoms with Crippen LogP contribution in [0, 0.1) is 0 Å². The number of hydrogen-bond acceptors (Lipinski definition) is 5. The highest BCUT2D eigenvalue weighted by Crippen LogP contribution is 2.16. The number of nitrogens with zero attached hydrogens (tertiary/aromatic N) is 3. The van der Waals surface area contributed by atoms with E-state index in [1.807, 2.05) is 0 Å². The molecule has 0 saturated carbocycles. The van der Waals surface area contributed by atoms with Crippen LogP contribution in [0.1, 0.15) is 19.5 Å². The molecule has 0 amide bonds. The van der Waals surface area contributed by atoms with Gasteiger partial charge in [-0.15, -0.1) is 0 Å². The van der Waals surface area contributed by atoms with E-state index in [1.165, 1.54) is 16.7 Å². The molecule has 0 aliphatic carbocycles. The van der Waals surface area contributed by atoms with Crippen molar-refractivity contribution in [3.8, 4) is 5.88 Å². The minimum Gasteiger partial charge on any atom is -0.493 e. The quantitative estimate of drug-likeness (QED) is 0.709. The molecule has 84 valence electrons. The van der Waals surface area contributed by atoms with Gasteiger partial charge in [-0.2, -0.15) is 4.98 Å². The van der Waals surface area contributed by atoms with Crippen molar-refractivity contribution in [3.63, 3.8) is 0 Å². The van der Waals surface area contributed by atoms with E-state index in [1.54, 1.807) is 13.8 Å². The number of aromatic nitrogens is 3. The molecule has 0 aromatic carbocycles. The van der Waals surface area contributed by atoms with E-state index in [0.717, 1.165) is 6.07 Å². The van der Waals surface area contributed by atoms with E-state index in [4.69, 9.17) is 0 Å². The first-order valence-corrected chi connectivity index (χ1v) is 4.70. The smallest absolute Gasteiger partial charge is 0.262 e. The first-order chi connectivity index (χ1) is 7.38. The summed E-state index contributed by atoms with van der Waals surface area (Å²) in [5.41, 5.74) is -1.16. The second kappa shape index (κ2) is 3.28. The monoisotopic (exact) mass is 221 g/mol. The molecular formula is C10H11N3O3. The molecule has 2 aromatic heterocycles. The third-order valence-corrected chi connectivity index (χ3v) is 2.15. The van der Waals surface area contributed by atoms with Gasteiger partial charge in [-0.25, -0.2) is 4.98 Å². The minimum atomic E-state index is -1.12. The van der Waals surface area contributed by atoms with Gasteiger partial charge in [-0.05, 0) is 19.9 Å². The van der Waals surface area contributed by atoms with Crippen molar-refractivity contribution in [1.29, 1.82) is 0 Å². The van der Waals surface area contributed by atoms with Crippen molar-refractivity contribution in [1.82, 2.24) is 14.4 Å². The Balaban J connectivity index is 2.76. The molecule has 2 N–H and O–H groups in total. The third-order valence-electron chi connectivity index (χ3n) is 2.15. The van der Waals surface area contributed by atoms with Crippen LogP contribution in [-0.2, 0) is 5.60 Å². The van der Waals surface area contributed by atoms with Crippen molar-refractivity contribution in [2.45, 2.75) is 19.4 Å². The summed E-state index contributed by atoms with van der Waals surface area (Å²) in [5, 5.41) is 18.9. The number of hydrogen-bond donors (Lipinski definition) is 2. The third kappa shape index (κ3) is 1.74. The zero-order valence-electron chi connectivity index (χ0n) is 8.88. The van der Waals surface area contributed by atoms with E-state index in [9.17, 15) is 15.0 Å². The molecule has 16 heavy (non-hydrogen) atoms. The van der Waals surface area contributed by atoms with Crippen molar-refractivity contribution in [3.05, 3.63) is 34.4 Å². The van der Waals surface area contributed by atoms with Gasteiger partial charge in [0.15, 0.2) is 0 Å². The van der Waals surface area contributed by atoms with E-state index in [0.29, 0.717) is 5.69 Å². The van der Waals surface area contributed by atoms with Gasteiger partial charge in [0.2, 0.25) is 11.7 Å². The Hall–Kier alpha value is -1.95. The highest BCUT2D eigenvalue weighted by Gasteiger charge is 2.18. The van der Waals surface area contributed by atoms with Crippen LogP contribution < -0.4 is 5.56 Å². The van der Waals surface area contributed by atoms with Gasteiger partial charge < -0.3 is 10.2 Å². The second-order valence-corrected chi connectivity index (χ2v) is 3.99. The summed E-state index contributed by atoms with van der Waals surface area (Å²) >= 11 is 0. The van der Waals surface area contributed by atoms with Crippen molar-refractivity contribution >= 4 is 5.78 Å². The van der Waals surface area contributed by atoms with Gasteiger partial charge in [0.05, 0.1) is 11.8 Å². The van der Waals surface area contributed by atoms with Gasteiger partial charge in [-0.3, -0.25) is 9.20 Å². The predicted octanol–water partition coefficient (Wildman–Crippen LogP) is 0.0225.